The molecule has 20 heavy (non-hydrogen) atoms. The summed E-state index contributed by atoms with van der Waals surface area (Å²) in [4.78, 5) is 1.43. The van der Waals surface area contributed by atoms with Gasteiger partial charge in [0.05, 0.1) is 19.0 Å². The average molecular weight is 294 g/mol. The summed E-state index contributed by atoms with van der Waals surface area (Å²) in [5.41, 5.74) is 0. The SMILES string of the molecule is C[N+](C)(CCOc1ccccc1)Cc1cccs1.[O-2].[O-2]. The Labute approximate surface area is 124 Å². The van der Waals surface area contributed by atoms with Crippen LogP contribution in [0.25, 0.3) is 0 Å². The predicted molar refractivity (Wildman–Crippen MR) is 78.3 cm³/mol. The molecule has 0 aliphatic carbocycles. The first kappa shape index (κ1) is 18.6. The van der Waals surface area contributed by atoms with Crippen molar-refractivity contribution in [2.24, 2.45) is 0 Å². The number of para-hydroxylation sites is 1. The standard InChI is InChI=1S/C15H20NOS.2O/c1-16(2,13-15-9-6-12-18-15)10-11-17-14-7-4-3-5-8-14;;/h3-9,12H,10-11,13H2,1-2H3;;/q+1;2*-2. The van der Waals surface area contributed by atoms with Gasteiger partial charge in [0.25, 0.3) is 0 Å². The Bertz CT molecular complexity index is 457. The molecule has 112 valence electrons. The number of benzene rings is 1. The number of hydrogen-bond donors (Lipinski definition) is 0. The van der Waals surface area contributed by atoms with Gasteiger partial charge in [-0.3, -0.25) is 0 Å². The normalized spacial score (nSPS) is 10.3. The highest BCUT2D eigenvalue weighted by Gasteiger charge is 2.16. The lowest BCUT2D eigenvalue weighted by atomic mass is 10.3. The second kappa shape index (κ2) is 8.71. The molecule has 1 aromatic heterocycles. The van der Waals surface area contributed by atoms with E-state index in [0.717, 1.165) is 29.9 Å². The van der Waals surface area contributed by atoms with Gasteiger partial charge in [0.2, 0.25) is 0 Å². The topological polar surface area (TPSA) is 66.2 Å². The molecule has 0 saturated heterocycles. The van der Waals surface area contributed by atoms with E-state index in [0.29, 0.717) is 0 Å². The third kappa shape index (κ3) is 6.16. The van der Waals surface area contributed by atoms with Crippen molar-refractivity contribution >= 4 is 11.3 Å². The fourth-order valence-electron chi connectivity index (χ4n) is 1.83. The van der Waals surface area contributed by atoms with Gasteiger partial charge in [-0.05, 0) is 23.6 Å². The summed E-state index contributed by atoms with van der Waals surface area (Å²) < 4.78 is 6.70. The molecular weight excluding hydrogens is 274 g/mol. The Morgan fingerprint density at radius 2 is 1.70 bits per heavy atom. The maximum Gasteiger partial charge on any atom is 0.137 e. The molecule has 0 unspecified atom stereocenters. The number of ether oxygens (including phenoxy) is 1. The van der Waals surface area contributed by atoms with Gasteiger partial charge in [-0.25, -0.2) is 0 Å². The Morgan fingerprint density at radius 1 is 1.00 bits per heavy atom. The van der Waals surface area contributed by atoms with Crippen molar-refractivity contribution in [1.29, 1.82) is 0 Å². The van der Waals surface area contributed by atoms with E-state index in [1.807, 2.05) is 41.7 Å². The van der Waals surface area contributed by atoms with E-state index in [2.05, 4.69) is 31.6 Å². The van der Waals surface area contributed by atoms with Crippen molar-refractivity contribution in [3.05, 3.63) is 52.7 Å². The number of quaternary nitrogens is 1. The van der Waals surface area contributed by atoms with Gasteiger partial charge in [0.15, 0.2) is 0 Å². The molecule has 1 heterocycles. The minimum atomic E-state index is 0. The van der Waals surface area contributed by atoms with Crippen LogP contribution in [0.1, 0.15) is 4.88 Å². The highest BCUT2D eigenvalue weighted by atomic mass is 32.1. The molecule has 0 amide bonds. The molecule has 0 fully saturated rings. The van der Waals surface area contributed by atoms with Crippen LogP contribution in [-0.2, 0) is 17.5 Å². The third-order valence-corrected chi connectivity index (χ3v) is 3.73. The lowest BCUT2D eigenvalue weighted by Crippen LogP contribution is -2.41. The predicted octanol–water partition coefficient (Wildman–Crippen LogP) is 3.17. The van der Waals surface area contributed by atoms with Crippen LogP contribution < -0.4 is 4.74 Å². The molecule has 0 aliphatic heterocycles. The summed E-state index contributed by atoms with van der Waals surface area (Å²) in [5, 5.41) is 2.13. The summed E-state index contributed by atoms with van der Waals surface area (Å²) in [7, 11) is 4.49. The summed E-state index contributed by atoms with van der Waals surface area (Å²) in [6.07, 6.45) is 0. The van der Waals surface area contributed by atoms with Crippen molar-refractivity contribution in [2.75, 3.05) is 27.2 Å². The van der Waals surface area contributed by atoms with Crippen LogP contribution in [0.5, 0.6) is 5.75 Å². The molecule has 2 aromatic rings. The summed E-state index contributed by atoms with van der Waals surface area (Å²) in [6, 6.07) is 14.3. The van der Waals surface area contributed by atoms with Crippen molar-refractivity contribution < 1.29 is 20.2 Å². The zero-order valence-corrected chi connectivity index (χ0v) is 12.6. The molecule has 0 spiro atoms. The monoisotopic (exact) mass is 294 g/mol. The number of hydrogen-bond acceptors (Lipinski definition) is 2. The first-order valence-electron chi connectivity index (χ1n) is 6.18. The molecule has 5 heteroatoms. The Balaban J connectivity index is 0.00000180. The van der Waals surface area contributed by atoms with Crippen LogP contribution in [0, 0.1) is 0 Å². The summed E-state index contributed by atoms with van der Waals surface area (Å²) in [5.74, 6) is 0.952. The van der Waals surface area contributed by atoms with E-state index in [1.54, 1.807) is 0 Å². The van der Waals surface area contributed by atoms with Crippen LogP contribution >= 0.6 is 11.3 Å². The number of rotatable bonds is 6. The second-order valence-corrected chi connectivity index (χ2v) is 6.09. The molecule has 0 aliphatic rings. The zero-order valence-electron chi connectivity index (χ0n) is 11.8. The van der Waals surface area contributed by atoms with Gasteiger partial charge in [0.1, 0.15) is 25.4 Å². The van der Waals surface area contributed by atoms with Crippen LogP contribution in [0.3, 0.4) is 0 Å². The first-order valence-corrected chi connectivity index (χ1v) is 7.06. The maximum atomic E-state index is 5.75. The fourth-order valence-corrected chi connectivity index (χ4v) is 2.74. The van der Waals surface area contributed by atoms with Crippen molar-refractivity contribution in [2.45, 2.75) is 6.54 Å². The van der Waals surface area contributed by atoms with Gasteiger partial charge in [-0.15, -0.1) is 11.3 Å². The summed E-state index contributed by atoms with van der Waals surface area (Å²) >= 11 is 1.82. The molecule has 0 bridgehead atoms. The van der Waals surface area contributed by atoms with Gasteiger partial charge < -0.3 is 20.2 Å². The minimum Gasteiger partial charge on any atom is -2.00 e. The average Bonchev–Trinajstić information content (AvgIpc) is 2.82. The molecule has 0 atom stereocenters. The van der Waals surface area contributed by atoms with E-state index >= 15 is 0 Å². The first-order chi connectivity index (χ1) is 8.66. The van der Waals surface area contributed by atoms with Crippen LogP contribution in [0.15, 0.2) is 47.8 Å². The second-order valence-electron chi connectivity index (χ2n) is 5.06. The largest absolute Gasteiger partial charge is 2.00 e. The van der Waals surface area contributed by atoms with Crippen LogP contribution in [0.4, 0.5) is 0 Å². The van der Waals surface area contributed by atoms with Crippen LogP contribution in [-0.4, -0.2) is 31.7 Å². The molecule has 0 N–H and O–H groups in total. The van der Waals surface area contributed by atoms with Gasteiger partial charge in [-0.1, -0.05) is 24.3 Å². The van der Waals surface area contributed by atoms with Gasteiger partial charge >= 0.3 is 0 Å². The smallest absolute Gasteiger partial charge is 0.137 e. The molecule has 0 saturated carbocycles. The quantitative estimate of drug-likeness (QED) is 0.755. The van der Waals surface area contributed by atoms with Crippen LogP contribution in [0.2, 0.25) is 0 Å². The minimum absolute atomic E-state index is 0. The highest BCUT2D eigenvalue weighted by Crippen LogP contribution is 2.15. The molecule has 0 radical (unpaired) electrons. The highest BCUT2D eigenvalue weighted by molar-refractivity contribution is 7.09. The molecule has 1 aromatic carbocycles. The lowest BCUT2D eigenvalue weighted by Gasteiger charge is -2.29. The number of nitrogens with zero attached hydrogens (tertiary/aromatic N) is 1. The third-order valence-electron chi connectivity index (χ3n) is 2.87. The molecule has 4 nitrogen and oxygen atoms in total. The van der Waals surface area contributed by atoms with E-state index in [1.165, 1.54) is 4.88 Å². The van der Waals surface area contributed by atoms with Gasteiger partial charge in [-0.2, -0.15) is 0 Å². The van der Waals surface area contributed by atoms with Crippen molar-refractivity contribution in [1.82, 2.24) is 0 Å². The van der Waals surface area contributed by atoms with Crippen molar-refractivity contribution in [3.8, 4) is 5.75 Å². The number of thiophene rings is 1. The van der Waals surface area contributed by atoms with E-state index in [-0.39, 0.29) is 11.0 Å². The molecule has 2 rings (SSSR count). The Kier molecular flexibility index (Phi) is 8.10. The fraction of sp³-hybridized carbons (Fsp3) is 0.333. The van der Waals surface area contributed by atoms with Gasteiger partial charge in [0, 0.05) is 0 Å². The molecular formula is C15H20NO3S-3. The van der Waals surface area contributed by atoms with E-state index in [4.69, 9.17) is 4.74 Å². The van der Waals surface area contributed by atoms with E-state index < -0.39 is 0 Å². The van der Waals surface area contributed by atoms with E-state index in [9.17, 15) is 0 Å². The Morgan fingerprint density at radius 3 is 2.30 bits per heavy atom. The lowest BCUT2D eigenvalue weighted by molar-refractivity contribution is -0.903. The van der Waals surface area contributed by atoms with Crippen molar-refractivity contribution in [3.63, 3.8) is 0 Å². The Hall–Kier alpha value is -1.40. The number of likely N-dealkylation sites (N-methyl/N-ethyl adjacent to an activating group) is 1. The zero-order chi connectivity index (χ0) is 12.8. The summed E-state index contributed by atoms with van der Waals surface area (Å²) in [6.45, 7) is 2.82. The maximum absolute atomic E-state index is 5.75.